The lowest BCUT2D eigenvalue weighted by Gasteiger charge is -2.13. The first kappa shape index (κ1) is 19.5. The summed E-state index contributed by atoms with van der Waals surface area (Å²) in [7, 11) is 0. The van der Waals surface area contributed by atoms with E-state index in [4.69, 9.17) is 16.3 Å². The zero-order valence-corrected chi connectivity index (χ0v) is 15.2. The summed E-state index contributed by atoms with van der Waals surface area (Å²) < 4.78 is 4.93. The van der Waals surface area contributed by atoms with Crippen LogP contribution in [0.25, 0.3) is 0 Å². The van der Waals surface area contributed by atoms with Crippen LogP contribution in [0.5, 0.6) is 0 Å². The highest BCUT2D eigenvalue weighted by atomic mass is 35.5. The van der Waals surface area contributed by atoms with Gasteiger partial charge in [-0.05, 0) is 50.2 Å². The van der Waals surface area contributed by atoms with Gasteiger partial charge in [0, 0.05) is 16.3 Å². The van der Waals surface area contributed by atoms with Gasteiger partial charge in [0.25, 0.3) is 11.8 Å². The van der Waals surface area contributed by atoms with Gasteiger partial charge >= 0.3 is 5.97 Å². The van der Waals surface area contributed by atoms with Gasteiger partial charge in [0.15, 0.2) is 6.61 Å². The predicted octanol–water partition coefficient (Wildman–Crippen LogP) is 2.95. The Kier molecular flexibility index (Phi) is 6.74. The lowest BCUT2D eigenvalue weighted by Crippen LogP contribution is -2.40. The summed E-state index contributed by atoms with van der Waals surface area (Å²) in [4.78, 5) is 35.9. The molecule has 2 amide bonds. The molecule has 7 heteroatoms. The van der Waals surface area contributed by atoms with Gasteiger partial charge in [-0.2, -0.15) is 0 Å². The summed E-state index contributed by atoms with van der Waals surface area (Å²) in [5.41, 5.74) is 1.92. The van der Waals surface area contributed by atoms with Gasteiger partial charge < -0.3 is 15.4 Å². The van der Waals surface area contributed by atoms with Crippen molar-refractivity contribution in [3.05, 3.63) is 64.7 Å². The summed E-state index contributed by atoms with van der Waals surface area (Å²) in [6, 6.07) is 12.6. The average molecular weight is 375 g/mol. The highest BCUT2D eigenvalue weighted by Gasteiger charge is 2.19. The zero-order chi connectivity index (χ0) is 19.1. The highest BCUT2D eigenvalue weighted by Crippen LogP contribution is 2.13. The molecule has 2 aromatic carbocycles. The monoisotopic (exact) mass is 374 g/mol. The quantitative estimate of drug-likeness (QED) is 0.761. The van der Waals surface area contributed by atoms with Crippen molar-refractivity contribution in [3.8, 4) is 0 Å². The van der Waals surface area contributed by atoms with E-state index in [-0.39, 0.29) is 5.91 Å². The van der Waals surface area contributed by atoms with Crippen molar-refractivity contribution < 1.29 is 19.1 Å². The van der Waals surface area contributed by atoms with E-state index in [0.717, 1.165) is 5.56 Å². The number of esters is 1. The fraction of sp³-hybridized carbons (Fsp3) is 0.211. The molecule has 2 N–H and O–H groups in total. The number of benzene rings is 2. The molecule has 0 fully saturated rings. The van der Waals surface area contributed by atoms with Crippen LogP contribution in [0.2, 0.25) is 5.02 Å². The number of hydrogen-bond donors (Lipinski definition) is 2. The third kappa shape index (κ3) is 5.89. The summed E-state index contributed by atoms with van der Waals surface area (Å²) in [5, 5.41) is 5.67. The van der Waals surface area contributed by atoms with Crippen molar-refractivity contribution in [2.45, 2.75) is 19.9 Å². The van der Waals surface area contributed by atoms with E-state index in [2.05, 4.69) is 10.6 Å². The summed E-state index contributed by atoms with van der Waals surface area (Å²) in [5.74, 6) is -1.57. The SMILES string of the molecule is Cc1cccc(C(=O)N[C@@H](C)C(=O)OCC(=O)Nc2ccc(Cl)cc2)c1. The van der Waals surface area contributed by atoms with Crippen LogP contribution < -0.4 is 10.6 Å². The Morgan fingerprint density at radius 3 is 2.46 bits per heavy atom. The predicted molar refractivity (Wildman–Crippen MR) is 99.1 cm³/mol. The van der Waals surface area contributed by atoms with Crippen LogP contribution in [0.1, 0.15) is 22.8 Å². The van der Waals surface area contributed by atoms with Gasteiger partial charge in [-0.25, -0.2) is 4.79 Å². The molecule has 1 atom stereocenters. The Balaban J connectivity index is 1.80. The third-order valence-electron chi connectivity index (χ3n) is 3.45. The highest BCUT2D eigenvalue weighted by molar-refractivity contribution is 6.30. The fourth-order valence-corrected chi connectivity index (χ4v) is 2.24. The number of carbonyl (C=O) groups excluding carboxylic acids is 3. The Labute approximate surface area is 156 Å². The largest absolute Gasteiger partial charge is 0.454 e. The minimum atomic E-state index is -0.883. The maximum atomic E-state index is 12.1. The second-order valence-corrected chi connectivity index (χ2v) is 6.16. The molecule has 0 bridgehead atoms. The lowest BCUT2D eigenvalue weighted by atomic mass is 10.1. The molecular weight excluding hydrogens is 356 g/mol. The molecule has 0 aromatic heterocycles. The molecule has 0 unspecified atom stereocenters. The van der Waals surface area contributed by atoms with Crippen LogP contribution >= 0.6 is 11.6 Å². The Morgan fingerprint density at radius 2 is 1.81 bits per heavy atom. The molecule has 2 rings (SSSR count). The molecule has 0 aliphatic rings. The zero-order valence-electron chi connectivity index (χ0n) is 14.4. The van der Waals surface area contributed by atoms with E-state index >= 15 is 0 Å². The van der Waals surface area contributed by atoms with Crippen LogP contribution in [0, 0.1) is 6.92 Å². The normalized spacial score (nSPS) is 11.3. The average Bonchev–Trinajstić information content (AvgIpc) is 2.61. The van der Waals surface area contributed by atoms with E-state index < -0.39 is 24.5 Å². The van der Waals surface area contributed by atoms with Gasteiger partial charge in [-0.15, -0.1) is 0 Å². The minimum Gasteiger partial charge on any atom is -0.454 e. The minimum absolute atomic E-state index is 0.385. The van der Waals surface area contributed by atoms with Crippen molar-refractivity contribution >= 4 is 35.1 Å². The molecule has 0 radical (unpaired) electrons. The van der Waals surface area contributed by atoms with Gasteiger partial charge in [0.05, 0.1) is 0 Å². The van der Waals surface area contributed by atoms with E-state index in [0.29, 0.717) is 16.3 Å². The second-order valence-electron chi connectivity index (χ2n) is 5.73. The number of hydrogen-bond acceptors (Lipinski definition) is 4. The van der Waals surface area contributed by atoms with Gasteiger partial charge in [-0.1, -0.05) is 29.3 Å². The Morgan fingerprint density at radius 1 is 1.12 bits per heavy atom. The molecular formula is C19H19ClN2O4. The molecule has 26 heavy (non-hydrogen) atoms. The number of nitrogens with one attached hydrogen (secondary N) is 2. The summed E-state index contributed by atoms with van der Waals surface area (Å²) in [6.45, 7) is 2.91. The van der Waals surface area contributed by atoms with Crippen molar-refractivity contribution in [2.75, 3.05) is 11.9 Å². The maximum Gasteiger partial charge on any atom is 0.328 e. The molecule has 2 aromatic rings. The molecule has 0 aliphatic carbocycles. The molecule has 0 spiro atoms. The fourth-order valence-electron chi connectivity index (χ4n) is 2.12. The van der Waals surface area contributed by atoms with Crippen LogP contribution in [0.15, 0.2) is 48.5 Å². The summed E-state index contributed by atoms with van der Waals surface area (Å²) in [6.07, 6.45) is 0. The molecule has 6 nitrogen and oxygen atoms in total. The number of amides is 2. The molecule has 0 aliphatic heterocycles. The van der Waals surface area contributed by atoms with Crippen LogP contribution in [0.4, 0.5) is 5.69 Å². The number of halogens is 1. The topological polar surface area (TPSA) is 84.5 Å². The molecule has 136 valence electrons. The van der Waals surface area contributed by atoms with E-state index in [1.807, 2.05) is 13.0 Å². The van der Waals surface area contributed by atoms with Crippen LogP contribution in [0.3, 0.4) is 0 Å². The second kappa shape index (κ2) is 9.01. The maximum absolute atomic E-state index is 12.1. The third-order valence-corrected chi connectivity index (χ3v) is 3.71. The van der Waals surface area contributed by atoms with Crippen molar-refractivity contribution in [1.29, 1.82) is 0 Å². The van der Waals surface area contributed by atoms with E-state index in [1.54, 1.807) is 42.5 Å². The van der Waals surface area contributed by atoms with Crippen LogP contribution in [-0.2, 0) is 14.3 Å². The van der Waals surface area contributed by atoms with Gasteiger partial charge in [-0.3, -0.25) is 9.59 Å². The van der Waals surface area contributed by atoms with E-state index in [1.165, 1.54) is 6.92 Å². The Hall–Kier alpha value is -2.86. The number of aryl methyl sites for hydroxylation is 1. The lowest BCUT2D eigenvalue weighted by molar-refractivity contribution is -0.148. The van der Waals surface area contributed by atoms with Crippen molar-refractivity contribution in [2.24, 2.45) is 0 Å². The van der Waals surface area contributed by atoms with Crippen molar-refractivity contribution in [1.82, 2.24) is 5.32 Å². The summed E-state index contributed by atoms with van der Waals surface area (Å²) >= 11 is 5.76. The van der Waals surface area contributed by atoms with Gasteiger partial charge in [0.2, 0.25) is 0 Å². The smallest absolute Gasteiger partial charge is 0.328 e. The standard InChI is InChI=1S/C19H19ClN2O4/c1-12-4-3-5-14(10-12)18(24)21-13(2)19(25)26-11-17(23)22-16-8-6-15(20)7-9-16/h3-10,13H,11H2,1-2H3,(H,21,24)(H,22,23)/t13-/m0/s1. The first-order valence-corrected chi connectivity index (χ1v) is 8.32. The first-order valence-electron chi connectivity index (χ1n) is 7.95. The molecule has 0 heterocycles. The van der Waals surface area contributed by atoms with E-state index in [9.17, 15) is 14.4 Å². The molecule has 0 saturated carbocycles. The Bertz CT molecular complexity index is 805. The van der Waals surface area contributed by atoms with Gasteiger partial charge in [0.1, 0.15) is 6.04 Å². The number of anilines is 1. The van der Waals surface area contributed by atoms with Crippen molar-refractivity contribution in [3.63, 3.8) is 0 Å². The number of ether oxygens (including phenoxy) is 1. The first-order chi connectivity index (χ1) is 12.3. The number of carbonyl (C=O) groups is 3. The van der Waals surface area contributed by atoms with Crippen LogP contribution in [-0.4, -0.2) is 30.4 Å². The number of rotatable bonds is 6. The molecule has 0 saturated heterocycles.